The molecule has 0 aliphatic carbocycles. The highest BCUT2D eigenvalue weighted by molar-refractivity contribution is 5.76. The summed E-state index contributed by atoms with van der Waals surface area (Å²) < 4.78 is 5.44. The van der Waals surface area contributed by atoms with Crippen LogP contribution in [-0.4, -0.2) is 47.4 Å². The molecule has 0 heterocycles. The minimum atomic E-state index is -0.850. The molecule has 0 aliphatic heterocycles. The summed E-state index contributed by atoms with van der Waals surface area (Å²) in [6.45, 7) is 4.84. The quantitative estimate of drug-likeness (QED) is 0.0320. The highest BCUT2D eigenvalue weighted by Gasteiger charge is 2.18. The first-order valence-corrected chi connectivity index (χ1v) is 36.8. The van der Waals surface area contributed by atoms with Crippen molar-refractivity contribution in [3.05, 3.63) is 36.5 Å². The largest absolute Gasteiger partial charge is 0.465 e. The number of hydrogen-bond acceptors (Lipinski definition) is 5. The van der Waals surface area contributed by atoms with Crippen LogP contribution in [0.25, 0.3) is 0 Å². The van der Waals surface area contributed by atoms with Crippen LogP contribution in [0, 0.1) is 0 Å². The Morgan fingerprint density at radius 3 is 0.938 bits per heavy atom. The van der Waals surface area contributed by atoms with Gasteiger partial charge in [0.15, 0.2) is 0 Å². The van der Waals surface area contributed by atoms with Crippen molar-refractivity contribution in [3.63, 3.8) is 0 Å². The molecule has 6 nitrogen and oxygen atoms in total. The van der Waals surface area contributed by atoms with Crippen LogP contribution in [-0.2, 0) is 14.3 Å². The average Bonchev–Trinajstić information content (AvgIpc) is 3.47. The van der Waals surface area contributed by atoms with E-state index in [-0.39, 0.29) is 18.5 Å². The average molecular weight is 1140 g/mol. The summed E-state index contributed by atoms with van der Waals surface area (Å²) in [5.74, 6) is -0.0990. The number of rotatable bonds is 69. The smallest absolute Gasteiger partial charge is 0.305 e. The van der Waals surface area contributed by atoms with Crippen molar-refractivity contribution in [2.45, 2.75) is 418 Å². The molecule has 1 amide bonds. The molecule has 2 atom stereocenters. The number of esters is 1. The Bertz CT molecular complexity index is 1310. The minimum absolute atomic E-state index is 0.0306. The van der Waals surface area contributed by atoms with Gasteiger partial charge in [-0.2, -0.15) is 0 Å². The van der Waals surface area contributed by atoms with E-state index in [1.54, 1.807) is 6.08 Å². The van der Waals surface area contributed by atoms with Crippen molar-refractivity contribution in [3.8, 4) is 0 Å². The van der Waals surface area contributed by atoms with E-state index in [1.807, 2.05) is 6.08 Å². The Morgan fingerprint density at radius 2 is 0.617 bits per heavy atom. The lowest BCUT2D eigenvalue weighted by atomic mass is 10.0. The highest BCUT2D eigenvalue weighted by atomic mass is 16.5. The zero-order valence-corrected chi connectivity index (χ0v) is 54.8. The van der Waals surface area contributed by atoms with Gasteiger partial charge < -0.3 is 20.3 Å². The van der Waals surface area contributed by atoms with E-state index in [0.717, 1.165) is 51.4 Å². The second kappa shape index (κ2) is 70.6. The third-order valence-corrected chi connectivity index (χ3v) is 17.2. The van der Waals surface area contributed by atoms with Gasteiger partial charge in [0, 0.05) is 12.8 Å². The molecule has 6 heteroatoms. The van der Waals surface area contributed by atoms with Crippen LogP contribution >= 0.6 is 0 Å². The summed E-state index contributed by atoms with van der Waals surface area (Å²) in [5, 5.41) is 23.3. The van der Waals surface area contributed by atoms with Crippen molar-refractivity contribution in [2.75, 3.05) is 13.2 Å². The summed E-state index contributed by atoms with van der Waals surface area (Å²) in [6, 6.07) is -0.634. The van der Waals surface area contributed by atoms with Gasteiger partial charge in [-0.25, -0.2) is 0 Å². The van der Waals surface area contributed by atoms with E-state index >= 15 is 0 Å². The lowest BCUT2D eigenvalue weighted by Gasteiger charge is -2.20. The van der Waals surface area contributed by atoms with Crippen LogP contribution in [0.15, 0.2) is 36.5 Å². The molecular formula is C75H143NO5. The maximum Gasteiger partial charge on any atom is 0.305 e. The van der Waals surface area contributed by atoms with E-state index in [9.17, 15) is 19.8 Å². The first kappa shape index (κ1) is 79.1. The van der Waals surface area contributed by atoms with E-state index < -0.39 is 12.1 Å². The van der Waals surface area contributed by atoms with Gasteiger partial charge in [0.25, 0.3) is 0 Å². The molecule has 0 fully saturated rings. The van der Waals surface area contributed by atoms with Gasteiger partial charge in [-0.1, -0.05) is 378 Å². The van der Waals surface area contributed by atoms with Crippen LogP contribution in [0.3, 0.4) is 0 Å². The summed E-state index contributed by atoms with van der Waals surface area (Å²) in [4.78, 5) is 24.6. The SMILES string of the molecule is CCCCCCCCCCCCCCCCCCCCCCCCC/C=C/C(O)C(CO)NC(=O)CCCCCCCCCCCCCCCC/C=C\C/C=C\CCOC(=O)CCCCCCCCCCCCCCCCCCCC. The molecular weight excluding hydrogens is 995 g/mol. The van der Waals surface area contributed by atoms with Crippen molar-refractivity contribution < 1.29 is 24.5 Å². The van der Waals surface area contributed by atoms with Crippen LogP contribution in [0.2, 0.25) is 0 Å². The van der Waals surface area contributed by atoms with Crippen LogP contribution in [0.1, 0.15) is 406 Å². The molecule has 0 saturated heterocycles. The zero-order chi connectivity index (χ0) is 58.5. The van der Waals surface area contributed by atoms with Crippen molar-refractivity contribution in [1.29, 1.82) is 0 Å². The molecule has 0 aromatic heterocycles. The fraction of sp³-hybridized carbons (Fsp3) is 0.893. The number of aliphatic hydroxyl groups excluding tert-OH is 2. The molecule has 2 unspecified atom stereocenters. The van der Waals surface area contributed by atoms with Gasteiger partial charge in [0.2, 0.25) is 5.91 Å². The van der Waals surface area contributed by atoms with E-state index in [2.05, 4.69) is 43.5 Å². The van der Waals surface area contributed by atoms with Crippen molar-refractivity contribution >= 4 is 11.9 Å². The lowest BCUT2D eigenvalue weighted by molar-refractivity contribution is -0.143. The monoisotopic (exact) mass is 1140 g/mol. The van der Waals surface area contributed by atoms with Crippen LogP contribution in [0.4, 0.5) is 0 Å². The Morgan fingerprint density at radius 1 is 0.346 bits per heavy atom. The third kappa shape index (κ3) is 67.1. The van der Waals surface area contributed by atoms with Gasteiger partial charge >= 0.3 is 5.97 Å². The Hall–Kier alpha value is -1.92. The molecule has 0 radical (unpaired) electrons. The summed E-state index contributed by atoms with van der Waals surface area (Å²) >= 11 is 0. The van der Waals surface area contributed by atoms with Crippen LogP contribution in [0.5, 0.6) is 0 Å². The summed E-state index contributed by atoms with van der Waals surface area (Å²) in [7, 11) is 0. The van der Waals surface area contributed by atoms with Gasteiger partial charge in [-0.3, -0.25) is 9.59 Å². The number of hydrogen-bond donors (Lipinski definition) is 3. The number of aliphatic hydroxyl groups is 2. The number of amides is 1. The number of carbonyl (C=O) groups is 2. The molecule has 81 heavy (non-hydrogen) atoms. The van der Waals surface area contributed by atoms with Gasteiger partial charge in [0.1, 0.15) is 0 Å². The van der Waals surface area contributed by atoms with Crippen molar-refractivity contribution in [1.82, 2.24) is 5.32 Å². The number of unbranched alkanes of at least 4 members (excludes halogenated alkanes) is 54. The lowest BCUT2D eigenvalue weighted by Crippen LogP contribution is -2.45. The fourth-order valence-corrected chi connectivity index (χ4v) is 11.6. The number of ether oxygens (including phenoxy) is 1. The predicted molar refractivity (Wildman–Crippen MR) is 356 cm³/mol. The topological polar surface area (TPSA) is 95.9 Å². The highest BCUT2D eigenvalue weighted by Crippen LogP contribution is 2.19. The molecule has 0 aliphatic rings. The molecule has 0 rings (SSSR count). The molecule has 0 aromatic rings. The molecule has 0 spiro atoms. The summed E-state index contributed by atoms with van der Waals surface area (Å²) in [6.07, 6.45) is 91.0. The van der Waals surface area contributed by atoms with E-state index in [0.29, 0.717) is 19.4 Å². The second-order valence-electron chi connectivity index (χ2n) is 25.3. The number of nitrogens with one attached hydrogen (secondary N) is 1. The molecule has 0 saturated carbocycles. The van der Waals surface area contributed by atoms with E-state index in [1.165, 1.54) is 327 Å². The maximum absolute atomic E-state index is 12.5. The Labute approximate surface area is 506 Å². The second-order valence-corrected chi connectivity index (χ2v) is 25.3. The first-order chi connectivity index (χ1) is 40.0. The third-order valence-electron chi connectivity index (χ3n) is 17.2. The van der Waals surface area contributed by atoms with Gasteiger partial charge in [-0.15, -0.1) is 0 Å². The fourth-order valence-electron chi connectivity index (χ4n) is 11.6. The van der Waals surface area contributed by atoms with E-state index in [4.69, 9.17) is 4.74 Å². The Kier molecular flexibility index (Phi) is 68.9. The van der Waals surface area contributed by atoms with Gasteiger partial charge in [-0.05, 0) is 51.4 Å². The van der Waals surface area contributed by atoms with Crippen LogP contribution < -0.4 is 5.32 Å². The standard InChI is InChI=1S/C75H143NO5/c1-3-5-7-9-11-13-15-17-19-21-23-24-25-26-27-29-32-35-39-43-47-51-55-59-63-67-73(78)72(71-77)76-74(79)68-64-60-56-52-48-44-40-36-33-30-28-31-34-38-42-46-50-54-58-62-66-70-81-75(80)69-65-61-57-53-49-45-41-37-22-20-18-16-14-12-10-8-6-4-2/h46,50,58,62-63,67,72-73,77-78H,3-45,47-49,51-57,59-61,64-66,68-71H2,1-2H3,(H,76,79)/b50-46-,62-58-,67-63+. The summed E-state index contributed by atoms with van der Waals surface area (Å²) in [5.41, 5.74) is 0. The number of allylic oxidation sites excluding steroid dienone is 4. The molecule has 478 valence electrons. The molecule has 0 aromatic carbocycles. The number of carbonyl (C=O) groups excluding carboxylic acids is 2. The molecule has 3 N–H and O–H groups in total. The minimum Gasteiger partial charge on any atom is -0.465 e. The maximum atomic E-state index is 12.5. The zero-order valence-electron chi connectivity index (χ0n) is 54.8. The normalized spacial score (nSPS) is 12.7. The van der Waals surface area contributed by atoms with Gasteiger partial charge in [0.05, 0.1) is 25.4 Å². The molecule has 0 bridgehead atoms. The first-order valence-electron chi connectivity index (χ1n) is 36.8. The van der Waals surface area contributed by atoms with Crippen molar-refractivity contribution in [2.24, 2.45) is 0 Å². The predicted octanol–water partition coefficient (Wildman–Crippen LogP) is 23.9. The Balaban J connectivity index is 3.45.